The fourth-order valence-corrected chi connectivity index (χ4v) is 1.93. The highest BCUT2D eigenvalue weighted by Gasteiger charge is 2.04. The Balaban J connectivity index is 2.20. The highest BCUT2D eigenvalue weighted by molar-refractivity contribution is 14.1. The van der Waals surface area contributed by atoms with E-state index in [9.17, 15) is 0 Å². The first-order chi connectivity index (χ1) is 7.19. The molecule has 0 unspecified atom stereocenters. The standard InChI is InChI=1S/C10H13IN4/c1-3-9-4-10(14(2)13-9)7-15-6-8(11)5-12-15/h4-6H,3,7H2,1-2H3. The molecule has 0 saturated carbocycles. The summed E-state index contributed by atoms with van der Waals surface area (Å²) < 4.78 is 5.01. The fourth-order valence-electron chi connectivity index (χ4n) is 1.48. The molecule has 0 N–H and O–H groups in total. The van der Waals surface area contributed by atoms with Crippen molar-refractivity contribution in [2.24, 2.45) is 7.05 Å². The van der Waals surface area contributed by atoms with E-state index in [4.69, 9.17) is 0 Å². The van der Waals surface area contributed by atoms with Crippen LogP contribution in [0.15, 0.2) is 18.5 Å². The lowest BCUT2D eigenvalue weighted by molar-refractivity contribution is 0.617. The van der Waals surface area contributed by atoms with Gasteiger partial charge in [-0.25, -0.2) is 0 Å². The van der Waals surface area contributed by atoms with Crippen molar-refractivity contribution in [3.05, 3.63) is 33.4 Å². The third-order valence-electron chi connectivity index (χ3n) is 2.32. The molecular weight excluding hydrogens is 303 g/mol. The average Bonchev–Trinajstić information content (AvgIpc) is 2.75. The van der Waals surface area contributed by atoms with Crippen molar-refractivity contribution >= 4 is 22.6 Å². The zero-order valence-electron chi connectivity index (χ0n) is 8.81. The summed E-state index contributed by atoms with van der Waals surface area (Å²) in [6.45, 7) is 2.90. The summed E-state index contributed by atoms with van der Waals surface area (Å²) in [6.07, 6.45) is 4.86. The van der Waals surface area contributed by atoms with Gasteiger partial charge in [0.15, 0.2) is 0 Å². The van der Waals surface area contributed by atoms with E-state index in [2.05, 4.69) is 45.8 Å². The lowest BCUT2D eigenvalue weighted by atomic mass is 10.3. The van der Waals surface area contributed by atoms with Gasteiger partial charge in [-0.2, -0.15) is 10.2 Å². The second-order valence-corrected chi connectivity index (χ2v) is 4.71. The van der Waals surface area contributed by atoms with Crippen LogP contribution in [0.4, 0.5) is 0 Å². The van der Waals surface area contributed by atoms with E-state index in [1.54, 1.807) is 0 Å². The molecule has 2 heterocycles. The Bertz CT molecular complexity index is 458. The van der Waals surface area contributed by atoms with Crippen molar-refractivity contribution in [3.8, 4) is 0 Å². The maximum atomic E-state index is 4.41. The molecule has 2 aromatic heterocycles. The van der Waals surface area contributed by atoms with Gasteiger partial charge in [0.05, 0.1) is 27.7 Å². The number of nitrogens with zero attached hydrogens (tertiary/aromatic N) is 4. The highest BCUT2D eigenvalue weighted by Crippen LogP contribution is 2.07. The molecule has 0 fully saturated rings. The highest BCUT2D eigenvalue weighted by atomic mass is 127. The predicted octanol–water partition coefficient (Wildman–Crippen LogP) is 1.83. The fraction of sp³-hybridized carbons (Fsp3) is 0.400. The monoisotopic (exact) mass is 316 g/mol. The number of rotatable bonds is 3. The smallest absolute Gasteiger partial charge is 0.0828 e. The topological polar surface area (TPSA) is 35.6 Å². The molecule has 2 aromatic rings. The molecule has 2 rings (SSSR count). The van der Waals surface area contributed by atoms with Gasteiger partial charge < -0.3 is 0 Å². The number of hydrogen-bond donors (Lipinski definition) is 0. The SMILES string of the molecule is CCc1cc(Cn2cc(I)cn2)n(C)n1. The van der Waals surface area contributed by atoms with Gasteiger partial charge >= 0.3 is 0 Å². The Hall–Kier alpha value is -0.850. The van der Waals surface area contributed by atoms with E-state index in [-0.39, 0.29) is 0 Å². The number of aromatic nitrogens is 4. The van der Waals surface area contributed by atoms with Crippen LogP contribution in [0, 0.1) is 3.57 Å². The van der Waals surface area contributed by atoms with Crippen LogP contribution in [0.25, 0.3) is 0 Å². The second kappa shape index (κ2) is 4.34. The normalized spacial score (nSPS) is 10.9. The van der Waals surface area contributed by atoms with Gasteiger partial charge in [0, 0.05) is 13.2 Å². The summed E-state index contributed by atoms with van der Waals surface area (Å²) in [6, 6.07) is 2.13. The zero-order chi connectivity index (χ0) is 10.8. The van der Waals surface area contributed by atoms with Crippen LogP contribution in [-0.2, 0) is 20.0 Å². The molecule has 5 heteroatoms. The minimum atomic E-state index is 0.784. The van der Waals surface area contributed by atoms with Crippen LogP contribution < -0.4 is 0 Å². The summed E-state index contributed by atoms with van der Waals surface area (Å²) in [5.74, 6) is 0. The summed E-state index contributed by atoms with van der Waals surface area (Å²) in [7, 11) is 1.98. The van der Waals surface area contributed by atoms with Crippen molar-refractivity contribution in [2.75, 3.05) is 0 Å². The second-order valence-electron chi connectivity index (χ2n) is 3.46. The van der Waals surface area contributed by atoms with Crippen LogP contribution in [0.1, 0.15) is 18.3 Å². The van der Waals surface area contributed by atoms with Gasteiger partial charge in [-0.05, 0) is 35.1 Å². The molecule has 0 bridgehead atoms. The molecule has 0 aliphatic heterocycles. The maximum absolute atomic E-state index is 4.41. The Morgan fingerprint density at radius 3 is 2.80 bits per heavy atom. The summed E-state index contributed by atoms with van der Waals surface area (Å²) in [4.78, 5) is 0. The Kier molecular flexibility index (Phi) is 3.08. The van der Waals surface area contributed by atoms with Gasteiger partial charge in [0.1, 0.15) is 0 Å². The maximum Gasteiger partial charge on any atom is 0.0828 e. The lowest BCUT2D eigenvalue weighted by Crippen LogP contribution is -2.05. The Morgan fingerprint density at radius 1 is 1.47 bits per heavy atom. The third kappa shape index (κ3) is 2.39. The first-order valence-electron chi connectivity index (χ1n) is 4.88. The summed E-state index contributed by atoms with van der Waals surface area (Å²) in [5, 5.41) is 8.66. The molecule has 0 aliphatic carbocycles. The van der Waals surface area contributed by atoms with E-state index in [1.165, 1.54) is 5.69 Å². The van der Waals surface area contributed by atoms with Crippen molar-refractivity contribution in [3.63, 3.8) is 0 Å². The Labute approximate surface area is 102 Å². The van der Waals surface area contributed by atoms with Crippen molar-refractivity contribution in [1.82, 2.24) is 19.6 Å². The molecule has 80 valence electrons. The molecule has 0 amide bonds. The van der Waals surface area contributed by atoms with E-state index in [0.29, 0.717) is 0 Å². The minimum Gasteiger partial charge on any atom is -0.270 e. The molecule has 4 nitrogen and oxygen atoms in total. The van der Waals surface area contributed by atoms with Gasteiger partial charge in [-0.15, -0.1) is 0 Å². The molecule has 0 atom stereocenters. The van der Waals surface area contributed by atoms with E-state index >= 15 is 0 Å². The summed E-state index contributed by atoms with van der Waals surface area (Å²) >= 11 is 2.26. The molecule has 0 aliphatic rings. The minimum absolute atomic E-state index is 0.784. The number of aryl methyl sites for hydroxylation is 2. The first kappa shape index (κ1) is 10.7. The molecule has 15 heavy (non-hydrogen) atoms. The predicted molar refractivity (Wildman–Crippen MR) is 66.6 cm³/mol. The zero-order valence-corrected chi connectivity index (χ0v) is 11.0. The van der Waals surface area contributed by atoms with Gasteiger partial charge in [-0.3, -0.25) is 9.36 Å². The lowest BCUT2D eigenvalue weighted by Gasteiger charge is -2.00. The largest absolute Gasteiger partial charge is 0.270 e. The van der Waals surface area contributed by atoms with Crippen molar-refractivity contribution < 1.29 is 0 Å². The average molecular weight is 316 g/mol. The molecular formula is C10H13IN4. The van der Waals surface area contributed by atoms with Crippen molar-refractivity contribution in [1.29, 1.82) is 0 Å². The van der Waals surface area contributed by atoms with Gasteiger partial charge in [0.25, 0.3) is 0 Å². The van der Waals surface area contributed by atoms with Crippen LogP contribution >= 0.6 is 22.6 Å². The van der Waals surface area contributed by atoms with Crippen LogP contribution in [0.2, 0.25) is 0 Å². The van der Waals surface area contributed by atoms with Crippen LogP contribution in [0.5, 0.6) is 0 Å². The van der Waals surface area contributed by atoms with E-state index in [0.717, 1.165) is 22.2 Å². The molecule has 0 saturated heterocycles. The molecule has 0 radical (unpaired) electrons. The van der Waals surface area contributed by atoms with Crippen LogP contribution in [-0.4, -0.2) is 19.6 Å². The van der Waals surface area contributed by atoms with Crippen molar-refractivity contribution in [2.45, 2.75) is 19.9 Å². The molecule has 0 aromatic carbocycles. The van der Waals surface area contributed by atoms with Gasteiger partial charge in [0.2, 0.25) is 0 Å². The third-order valence-corrected chi connectivity index (χ3v) is 2.87. The number of halogens is 1. The Morgan fingerprint density at radius 2 is 2.27 bits per heavy atom. The van der Waals surface area contributed by atoms with E-state index < -0.39 is 0 Å². The quantitative estimate of drug-likeness (QED) is 0.810. The summed E-state index contributed by atoms with van der Waals surface area (Å²) in [5.41, 5.74) is 2.32. The van der Waals surface area contributed by atoms with E-state index in [1.807, 2.05) is 28.8 Å². The molecule has 0 spiro atoms. The van der Waals surface area contributed by atoms with Crippen LogP contribution in [0.3, 0.4) is 0 Å². The van der Waals surface area contributed by atoms with Gasteiger partial charge in [-0.1, -0.05) is 6.92 Å². The first-order valence-corrected chi connectivity index (χ1v) is 5.96. The number of hydrogen-bond acceptors (Lipinski definition) is 2.